The number of hydrogen-bond donors (Lipinski definition) is 1. The van der Waals surface area contributed by atoms with Crippen LogP contribution in [0.25, 0.3) is 0 Å². The summed E-state index contributed by atoms with van der Waals surface area (Å²) in [6.07, 6.45) is 0. The van der Waals surface area contributed by atoms with Crippen LogP contribution in [0.5, 0.6) is 11.5 Å². The van der Waals surface area contributed by atoms with Crippen LogP contribution in [0.15, 0.2) is 17.5 Å². The van der Waals surface area contributed by atoms with Crippen molar-refractivity contribution in [3.63, 3.8) is 0 Å². The highest BCUT2D eigenvalue weighted by atomic mass is 32.1. The van der Waals surface area contributed by atoms with E-state index in [-0.39, 0.29) is 5.91 Å². The number of rotatable bonds is 5. The summed E-state index contributed by atoms with van der Waals surface area (Å²) < 4.78 is 10.6. The Hall–Kier alpha value is -2.08. The number of aromatic nitrogens is 1. The lowest BCUT2D eigenvalue weighted by Crippen LogP contribution is -2.23. The molecule has 5 nitrogen and oxygen atoms in total. The summed E-state index contributed by atoms with van der Waals surface area (Å²) in [6, 6.07) is 3.75. The first-order chi connectivity index (χ1) is 10.1. The maximum Gasteiger partial charge on any atom is 0.280 e. The van der Waals surface area contributed by atoms with Gasteiger partial charge in [-0.25, -0.2) is 4.98 Å². The molecule has 0 bridgehead atoms. The van der Waals surface area contributed by atoms with E-state index < -0.39 is 0 Å². The summed E-state index contributed by atoms with van der Waals surface area (Å²) in [4.78, 5) is 16.2. The highest BCUT2D eigenvalue weighted by molar-refractivity contribution is 7.11. The van der Waals surface area contributed by atoms with Gasteiger partial charge in [-0.2, -0.15) is 0 Å². The quantitative estimate of drug-likeness (QED) is 0.922. The SMILES string of the molecule is COc1ccc(CNC(=O)c2nc(C)cs2)c(C)c1OC. The molecular weight excluding hydrogens is 288 g/mol. The van der Waals surface area contributed by atoms with Crippen molar-refractivity contribution in [2.75, 3.05) is 14.2 Å². The molecule has 0 fully saturated rings. The normalized spacial score (nSPS) is 10.3. The first-order valence-corrected chi connectivity index (χ1v) is 7.35. The number of carbonyl (C=O) groups excluding carboxylic acids is 1. The van der Waals surface area contributed by atoms with Gasteiger partial charge in [-0.1, -0.05) is 6.07 Å². The third-order valence-corrected chi connectivity index (χ3v) is 4.12. The number of hydrogen-bond acceptors (Lipinski definition) is 5. The van der Waals surface area contributed by atoms with Crippen molar-refractivity contribution in [1.29, 1.82) is 0 Å². The van der Waals surface area contributed by atoms with Gasteiger partial charge in [0.15, 0.2) is 16.5 Å². The maximum absolute atomic E-state index is 12.0. The Morgan fingerprint density at radius 1 is 1.29 bits per heavy atom. The number of nitrogens with zero attached hydrogens (tertiary/aromatic N) is 1. The molecule has 0 saturated heterocycles. The molecule has 6 heteroatoms. The van der Waals surface area contributed by atoms with E-state index in [9.17, 15) is 4.79 Å². The average molecular weight is 306 g/mol. The monoisotopic (exact) mass is 306 g/mol. The standard InChI is InChI=1S/C15H18N2O3S/c1-9-8-21-15(17-9)14(18)16-7-11-5-6-12(19-3)13(20-4)10(11)2/h5-6,8H,7H2,1-4H3,(H,16,18). The van der Waals surface area contributed by atoms with E-state index in [0.717, 1.165) is 16.8 Å². The second-order valence-electron chi connectivity index (χ2n) is 4.56. The van der Waals surface area contributed by atoms with Crippen molar-refractivity contribution in [3.8, 4) is 11.5 Å². The lowest BCUT2D eigenvalue weighted by Gasteiger charge is -2.14. The molecule has 0 radical (unpaired) electrons. The fourth-order valence-corrected chi connectivity index (χ4v) is 2.73. The number of methoxy groups -OCH3 is 2. The fraction of sp³-hybridized carbons (Fsp3) is 0.333. The van der Waals surface area contributed by atoms with Gasteiger partial charge in [0.25, 0.3) is 5.91 Å². The molecule has 21 heavy (non-hydrogen) atoms. The summed E-state index contributed by atoms with van der Waals surface area (Å²) in [6.45, 7) is 4.23. The van der Waals surface area contributed by atoms with Gasteiger partial charge in [0, 0.05) is 17.6 Å². The average Bonchev–Trinajstić information content (AvgIpc) is 2.92. The van der Waals surface area contributed by atoms with Gasteiger partial charge in [0.2, 0.25) is 0 Å². The Kier molecular flexibility index (Phi) is 4.80. The van der Waals surface area contributed by atoms with E-state index in [1.807, 2.05) is 31.4 Å². The molecule has 2 rings (SSSR count). The molecule has 0 aliphatic carbocycles. The molecule has 1 heterocycles. The van der Waals surface area contributed by atoms with Crippen LogP contribution in [0.1, 0.15) is 26.6 Å². The number of carbonyl (C=O) groups is 1. The zero-order chi connectivity index (χ0) is 15.4. The van der Waals surface area contributed by atoms with Crippen LogP contribution in [0, 0.1) is 13.8 Å². The topological polar surface area (TPSA) is 60.5 Å². The van der Waals surface area contributed by atoms with Crippen LogP contribution >= 0.6 is 11.3 Å². The van der Waals surface area contributed by atoms with Gasteiger partial charge in [0.05, 0.1) is 14.2 Å². The van der Waals surface area contributed by atoms with Gasteiger partial charge < -0.3 is 14.8 Å². The number of aryl methyl sites for hydroxylation is 1. The Labute approximate surface area is 127 Å². The Bertz CT molecular complexity index is 652. The van der Waals surface area contributed by atoms with E-state index in [1.165, 1.54) is 11.3 Å². The molecule has 1 aromatic heterocycles. The van der Waals surface area contributed by atoms with Crippen LogP contribution in [-0.4, -0.2) is 25.1 Å². The zero-order valence-corrected chi connectivity index (χ0v) is 13.3. The molecule has 0 spiro atoms. The molecule has 0 unspecified atom stereocenters. The molecule has 0 saturated carbocycles. The second-order valence-corrected chi connectivity index (χ2v) is 5.42. The van der Waals surface area contributed by atoms with Crippen LogP contribution in [0.3, 0.4) is 0 Å². The number of ether oxygens (including phenoxy) is 2. The Morgan fingerprint density at radius 2 is 2.05 bits per heavy atom. The van der Waals surface area contributed by atoms with Gasteiger partial charge in [0.1, 0.15) is 0 Å². The molecule has 1 aromatic carbocycles. The van der Waals surface area contributed by atoms with E-state index in [4.69, 9.17) is 9.47 Å². The van der Waals surface area contributed by atoms with Crippen LogP contribution in [0.2, 0.25) is 0 Å². The molecule has 112 valence electrons. The van der Waals surface area contributed by atoms with Gasteiger partial charge in [-0.05, 0) is 31.0 Å². The minimum atomic E-state index is -0.165. The summed E-state index contributed by atoms with van der Waals surface area (Å²) in [5, 5.41) is 5.21. The van der Waals surface area contributed by atoms with Gasteiger partial charge in [-0.3, -0.25) is 4.79 Å². The van der Waals surface area contributed by atoms with Crippen molar-refractivity contribution in [2.45, 2.75) is 20.4 Å². The van der Waals surface area contributed by atoms with Crippen LogP contribution in [0.4, 0.5) is 0 Å². The first kappa shape index (κ1) is 15.3. The largest absolute Gasteiger partial charge is 0.493 e. The number of nitrogens with one attached hydrogen (secondary N) is 1. The number of benzene rings is 1. The predicted octanol–water partition coefficient (Wildman–Crippen LogP) is 2.71. The second kappa shape index (κ2) is 6.58. The van der Waals surface area contributed by atoms with E-state index in [2.05, 4.69) is 10.3 Å². The van der Waals surface area contributed by atoms with Crippen LogP contribution < -0.4 is 14.8 Å². The lowest BCUT2D eigenvalue weighted by atomic mass is 10.1. The van der Waals surface area contributed by atoms with E-state index in [0.29, 0.717) is 23.1 Å². The molecular formula is C15H18N2O3S. The zero-order valence-electron chi connectivity index (χ0n) is 12.5. The molecule has 1 N–H and O–H groups in total. The molecule has 1 amide bonds. The lowest BCUT2D eigenvalue weighted by molar-refractivity contribution is 0.0950. The summed E-state index contributed by atoms with van der Waals surface area (Å²) in [5.41, 5.74) is 2.79. The smallest absolute Gasteiger partial charge is 0.280 e. The molecule has 2 aromatic rings. The van der Waals surface area contributed by atoms with Crippen LogP contribution in [-0.2, 0) is 6.54 Å². The third kappa shape index (κ3) is 3.33. The fourth-order valence-electron chi connectivity index (χ4n) is 2.02. The molecule has 0 atom stereocenters. The first-order valence-electron chi connectivity index (χ1n) is 6.47. The van der Waals surface area contributed by atoms with Crippen molar-refractivity contribution < 1.29 is 14.3 Å². The summed E-state index contributed by atoms with van der Waals surface area (Å²) in [5.74, 6) is 1.21. The Morgan fingerprint density at radius 3 is 2.62 bits per heavy atom. The van der Waals surface area contributed by atoms with Gasteiger partial charge in [-0.15, -0.1) is 11.3 Å². The van der Waals surface area contributed by atoms with Crippen molar-refractivity contribution in [3.05, 3.63) is 39.3 Å². The number of amides is 1. The summed E-state index contributed by atoms with van der Waals surface area (Å²) in [7, 11) is 3.20. The minimum absolute atomic E-state index is 0.165. The predicted molar refractivity (Wildman–Crippen MR) is 82.3 cm³/mol. The Balaban J connectivity index is 2.11. The highest BCUT2D eigenvalue weighted by Gasteiger charge is 2.13. The molecule has 0 aliphatic rings. The maximum atomic E-state index is 12.0. The third-order valence-electron chi connectivity index (χ3n) is 3.16. The van der Waals surface area contributed by atoms with Crippen molar-refractivity contribution in [2.24, 2.45) is 0 Å². The molecule has 0 aliphatic heterocycles. The van der Waals surface area contributed by atoms with E-state index >= 15 is 0 Å². The van der Waals surface area contributed by atoms with Gasteiger partial charge >= 0.3 is 0 Å². The van der Waals surface area contributed by atoms with Crippen molar-refractivity contribution in [1.82, 2.24) is 10.3 Å². The van der Waals surface area contributed by atoms with E-state index in [1.54, 1.807) is 14.2 Å². The highest BCUT2D eigenvalue weighted by Crippen LogP contribution is 2.32. The minimum Gasteiger partial charge on any atom is -0.493 e. The number of thiazole rings is 1. The van der Waals surface area contributed by atoms with Crippen molar-refractivity contribution >= 4 is 17.2 Å². The summed E-state index contributed by atoms with van der Waals surface area (Å²) >= 11 is 1.34.